The van der Waals surface area contributed by atoms with Crippen LogP contribution < -0.4 is 0 Å². The molecular weight excluding hydrogens is 632 g/mol. The molecule has 2 unspecified atom stereocenters. The average Bonchev–Trinajstić information content (AvgIpc) is 3.12. The van der Waals surface area contributed by atoms with Crippen LogP contribution in [-0.2, 0) is 4.74 Å². The van der Waals surface area contributed by atoms with Gasteiger partial charge in [-0.15, -0.1) is 0 Å². The van der Waals surface area contributed by atoms with E-state index in [1.807, 2.05) is 55.5 Å². The molecule has 0 spiro atoms. The summed E-state index contributed by atoms with van der Waals surface area (Å²) >= 11 is 0. The molecule has 0 saturated heterocycles. The van der Waals surface area contributed by atoms with Crippen molar-refractivity contribution >= 4 is 0 Å². The van der Waals surface area contributed by atoms with Gasteiger partial charge in [0.05, 0.1) is 6.10 Å². The van der Waals surface area contributed by atoms with E-state index in [-0.39, 0.29) is 46.7 Å². The van der Waals surface area contributed by atoms with Crippen molar-refractivity contribution in [1.82, 2.24) is 0 Å². The molecule has 50 heavy (non-hydrogen) atoms. The third-order valence-corrected chi connectivity index (χ3v) is 8.69. The van der Waals surface area contributed by atoms with E-state index < -0.39 is 6.29 Å². The maximum atomic E-state index is 10.5. The fraction of sp³-hybridized carbons (Fsp3) is 0.143. The fourth-order valence-corrected chi connectivity index (χ4v) is 6.13. The molecule has 6 aromatic rings. The van der Waals surface area contributed by atoms with E-state index in [9.17, 15) is 35.7 Å². The molecule has 256 valence electrons. The molecule has 0 aromatic heterocycles. The lowest BCUT2D eigenvalue weighted by Gasteiger charge is -2.25. The molecule has 7 N–H and O–H groups in total. The van der Waals surface area contributed by atoms with Crippen LogP contribution in [0.5, 0.6) is 28.7 Å². The topological polar surface area (TPSA) is 151 Å². The summed E-state index contributed by atoms with van der Waals surface area (Å²) in [6.07, 6.45) is -1.71. The van der Waals surface area contributed by atoms with Gasteiger partial charge in [0.2, 0.25) is 0 Å². The maximum absolute atomic E-state index is 10.5. The summed E-state index contributed by atoms with van der Waals surface area (Å²) in [6, 6.07) is 40.2. The molecule has 0 aliphatic carbocycles. The van der Waals surface area contributed by atoms with Gasteiger partial charge in [0.25, 0.3) is 0 Å². The molecule has 0 aliphatic heterocycles. The zero-order valence-electron chi connectivity index (χ0n) is 27.6. The summed E-state index contributed by atoms with van der Waals surface area (Å²) in [6.45, 7) is 1.98. The SMILES string of the molecule is COC(C)c1ccccc1C(c1ccc(O)cc1)c1ccc(O)cc1O.Oc1ccc(C(c2ccc(O)cc2)c2ccccc2C(O)O)cc1. The summed E-state index contributed by atoms with van der Waals surface area (Å²) < 4.78 is 5.52. The van der Waals surface area contributed by atoms with Crippen LogP contribution in [0.2, 0.25) is 0 Å². The van der Waals surface area contributed by atoms with Crippen molar-refractivity contribution in [2.75, 3.05) is 7.11 Å². The van der Waals surface area contributed by atoms with Crippen LogP contribution in [0.4, 0.5) is 0 Å². The van der Waals surface area contributed by atoms with Crippen molar-refractivity contribution < 1.29 is 40.5 Å². The Labute approximate surface area is 291 Å². The molecule has 0 radical (unpaired) electrons. The summed E-state index contributed by atoms with van der Waals surface area (Å²) in [7, 11) is 1.66. The van der Waals surface area contributed by atoms with Crippen LogP contribution in [0, 0.1) is 0 Å². The van der Waals surface area contributed by atoms with E-state index in [4.69, 9.17) is 4.74 Å². The zero-order valence-corrected chi connectivity index (χ0v) is 27.6. The second-order valence-electron chi connectivity index (χ2n) is 11.9. The van der Waals surface area contributed by atoms with Gasteiger partial charge in [-0.2, -0.15) is 0 Å². The summed E-state index contributed by atoms with van der Waals surface area (Å²) in [4.78, 5) is 0. The van der Waals surface area contributed by atoms with Crippen molar-refractivity contribution in [2.45, 2.75) is 31.2 Å². The first-order valence-corrected chi connectivity index (χ1v) is 16.0. The first kappa shape index (κ1) is 35.5. The largest absolute Gasteiger partial charge is 0.508 e. The Kier molecular flexibility index (Phi) is 11.4. The Balaban J connectivity index is 0.000000195. The number of phenolic OH excluding ortho intramolecular Hbond substituents is 5. The third-order valence-electron chi connectivity index (χ3n) is 8.69. The summed E-state index contributed by atoms with van der Waals surface area (Å²) in [5, 5.41) is 68.3. The van der Waals surface area contributed by atoms with Gasteiger partial charge in [-0.1, -0.05) is 91.0 Å². The van der Waals surface area contributed by atoms with Crippen molar-refractivity contribution in [3.63, 3.8) is 0 Å². The molecule has 2 atom stereocenters. The highest BCUT2D eigenvalue weighted by Gasteiger charge is 2.25. The molecule has 0 aliphatic rings. The summed E-state index contributed by atoms with van der Waals surface area (Å²) in [5.41, 5.74) is 6.56. The van der Waals surface area contributed by atoms with E-state index in [0.29, 0.717) is 11.1 Å². The van der Waals surface area contributed by atoms with E-state index in [0.717, 1.165) is 33.4 Å². The van der Waals surface area contributed by atoms with Crippen LogP contribution in [0.15, 0.2) is 140 Å². The van der Waals surface area contributed by atoms with Crippen molar-refractivity contribution in [3.8, 4) is 28.7 Å². The highest BCUT2D eigenvalue weighted by atomic mass is 16.5. The van der Waals surface area contributed by atoms with Gasteiger partial charge in [0, 0.05) is 36.1 Å². The predicted molar refractivity (Wildman–Crippen MR) is 191 cm³/mol. The lowest BCUT2D eigenvalue weighted by atomic mass is 9.81. The number of hydrogen-bond donors (Lipinski definition) is 7. The number of aliphatic hydroxyl groups is 2. The van der Waals surface area contributed by atoms with Crippen molar-refractivity contribution in [2.24, 2.45) is 0 Å². The monoisotopic (exact) mass is 672 g/mol. The van der Waals surface area contributed by atoms with Crippen LogP contribution in [0.3, 0.4) is 0 Å². The van der Waals surface area contributed by atoms with Gasteiger partial charge < -0.3 is 40.5 Å². The summed E-state index contributed by atoms with van der Waals surface area (Å²) in [5.74, 6) is 0.00439. The number of aliphatic hydroxyl groups excluding tert-OH is 1. The minimum Gasteiger partial charge on any atom is -0.508 e. The lowest BCUT2D eigenvalue weighted by Crippen LogP contribution is -2.09. The van der Waals surface area contributed by atoms with Gasteiger partial charge in [0.1, 0.15) is 28.7 Å². The van der Waals surface area contributed by atoms with Crippen molar-refractivity contribution in [3.05, 3.63) is 184 Å². The van der Waals surface area contributed by atoms with Crippen LogP contribution in [-0.4, -0.2) is 42.9 Å². The Morgan fingerprint density at radius 1 is 0.420 bits per heavy atom. The van der Waals surface area contributed by atoms with E-state index in [2.05, 4.69) is 0 Å². The first-order chi connectivity index (χ1) is 24.1. The Morgan fingerprint density at radius 3 is 1.22 bits per heavy atom. The van der Waals surface area contributed by atoms with Crippen molar-refractivity contribution in [1.29, 1.82) is 0 Å². The van der Waals surface area contributed by atoms with E-state index in [1.54, 1.807) is 92.0 Å². The van der Waals surface area contributed by atoms with Crippen LogP contribution >= 0.6 is 0 Å². The highest BCUT2D eigenvalue weighted by molar-refractivity contribution is 5.53. The number of methoxy groups -OCH3 is 1. The predicted octanol–water partition coefficient (Wildman–Crippen LogP) is 7.95. The number of rotatable bonds is 9. The van der Waals surface area contributed by atoms with Gasteiger partial charge in [-0.05, 0) is 82.8 Å². The Morgan fingerprint density at radius 2 is 0.800 bits per heavy atom. The molecule has 8 heteroatoms. The molecule has 0 saturated carbocycles. The van der Waals surface area contributed by atoms with Crippen LogP contribution in [0.1, 0.15) is 75.7 Å². The first-order valence-electron chi connectivity index (χ1n) is 16.0. The van der Waals surface area contributed by atoms with Gasteiger partial charge in [-0.25, -0.2) is 0 Å². The van der Waals surface area contributed by atoms with Gasteiger partial charge in [-0.3, -0.25) is 0 Å². The average molecular weight is 673 g/mol. The second-order valence-corrected chi connectivity index (χ2v) is 11.9. The zero-order chi connectivity index (χ0) is 35.8. The van der Waals surface area contributed by atoms with Crippen LogP contribution in [0.25, 0.3) is 0 Å². The molecule has 0 fully saturated rings. The minimum absolute atomic E-state index is 0.00857. The highest BCUT2D eigenvalue weighted by Crippen LogP contribution is 2.41. The fourth-order valence-electron chi connectivity index (χ4n) is 6.13. The third kappa shape index (κ3) is 8.25. The number of benzene rings is 6. The number of hydrogen-bond acceptors (Lipinski definition) is 8. The minimum atomic E-state index is -1.59. The number of phenols is 5. The quantitative estimate of drug-likeness (QED) is 0.0604. The second kappa shape index (κ2) is 16.1. The standard InChI is InChI=1S/C22H22O4.C20H18O4/c1-14(26-2)18-5-3-4-6-19(18)22(15-7-9-16(23)10-8-15)20-12-11-17(24)13-21(20)25;21-15-9-5-13(6-10-15)19(14-7-11-16(22)12-8-14)17-3-1-2-4-18(17)20(23)24/h3-14,22-25H,1-2H3;1-12,19-24H. The number of ether oxygens (including phenoxy) is 1. The van der Waals surface area contributed by atoms with Gasteiger partial charge in [0.15, 0.2) is 6.29 Å². The maximum Gasteiger partial charge on any atom is 0.178 e. The molecule has 6 rings (SSSR count). The molecular formula is C42H40O8. The number of aromatic hydroxyl groups is 5. The van der Waals surface area contributed by atoms with E-state index >= 15 is 0 Å². The normalized spacial score (nSPS) is 12.3. The molecule has 0 amide bonds. The Hall–Kier alpha value is -5.80. The lowest BCUT2D eigenvalue weighted by molar-refractivity contribution is -0.0431. The molecule has 0 heterocycles. The molecule has 6 aromatic carbocycles. The van der Waals surface area contributed by atoms with E-state index in [1.165, 1.54) is 6.07 Å². The smallest absolute Gasteiger partial charge is 0.178 e. The molecule has 0 bridgehead atoms. The Bertz CT molecular complexity index is 1940. The molecule has 8 nitrogen and oxygen atoms in total. The van der Waals surface area contributed by atoms with Gasteiger partial charge >= 0.3 is 0 Å².